The summed E-state index contributed by atoms with van der Waals surface area (Å²) in [5.41, 5.74) is 0.798. The van der Waals surface area contributed by atoms with Gasteiger partial charge in [0.2, 0.25) is 0 Å². The Hall–Kier alpha value is -0.870. The zero-order valence-electron chi connectivity index (χ0n) is 14.4. The van der Waals surface area contributed by atoms with E-state index in [4.69, 9.17) is 11.6 Å². The van der Waals surface area contributed by atoms with Crippen LogP contribution in [0.5, 0.6) is 0 Å². The van der Waals surface area contributed by atoms with Crippen LogP contribution in [0.2, 0.25) is 5.15 Å². The lowest BCUT2D eigenvalue weighted by molar-refractivity contribution is 0.294. The summed E-state index contributed by atoms with van der Waals surface area (Å²) in [5, 5.41) is 4.02. The highest BCUT2D eigenvalue weighted by atomic mass is 35.5. The van der Waals surface area contributed by atoms with Gasteiger partial charge in [0.1, 0.15) is 16.8 Å². The second kappa shape index (κ2) is 7.41. The maximum absolute atomic E-state index is 6.27. The number of anilines is 1. The average Bonchev–Trinajstić information content (AvgIpc) is 2.39. The molecule has 0 saturated carbocycles. The van der Waals surface area contributed by atoms with Crippen molar-refractivity contribution < 1.29 is 0 Å². The molecule has 1 unspecified atom stereocenters. The molecule has 0 aliphatic heterocycles. The first-order valence-corrected chi connectivity index (χ1v) is 8.10. The van der Waals surface area contributed by atoms with Gasteiger partial charge in [-0.3, -0.25) is 0 Å². The lowest BCUT2D eigenvalue weighted by Crippen LogP contribution is -2.35. The molecule has 1 rings (SSSR count). The molecule has 0 aromatic carbocycles. The molecule has 1 N–H and O–H groups in total. The van der Waals surface area contributed by atoms with Crippen LogP contribution in [0, 0.1) is 6.92 Å². The van der Waals surface area contributed by atoms with E-state index in [1.807, 2.05) is 6.92 Å². The fourth-order valence-corrected chi connectivity index (χ4v) is 2.28. The summed E-state index contributed by atoms with van der Waals surface area (Å²) >= 11 is 6.27. The number of hydrogen-bond acceptors (Lipinski definition) is 4. The Balaban J connectivity index is 2.94. The molecule has 0 saturated heterocycles. The molecule has 0 aliphatic rings. The van der Waals surface area contributed by atoms with Gasteiger partial charge in [-0.15, -0.1) is 0 Å². The average molecular weight is 313 g/mol. The SMILES string of the molecule is CCN(CC)CC(C)Nc1nc(C(C)(C)C)nc(Cl)c1C. The number of nitrogens with zero attached hydrogens (tertiary/aromatic N) is 3. The Bertz CT molecular complexity index is 464. The molecule has 0 bridgehead atoms. The predicted octanol–water partition coefficient (Wildman–Crippen LogP) is 3.88. The lowest BCUT2D eigenvalue weighted by atomic mass is 9.95. The highest BCUT2D eigenvalue weighted by Crippen LogP contribution is 2.26. The van der Waals surface area contributed by atoms with Crippen molar-refractivity contribution in [3.8, 4) is 0 Å². The highest BCUT2D eigenvalue weighted by Gasteiger charge is 2.21. The largest absolute Gasteiger partial charge is 0.366 e. The van der Waals surface area contributed by atoms with Gasteiger partial charge in [-0.1, -0.05) is 46.2 Å². The van der Waals surface area contributed by atoms with E-state index >= 15 is 0 Å². The zero-order valence-corrected chi connectivity index (χ0v) is 15.2. The van der Waals surface area contributed by atoms with Crippen molar-refractivity contribution in [2.45, 2.75) is 59.9 Å². The van der Waals surface area contributed by atoms with Gasteiger partial charge < -0.3 is 10.2 Å². The first-order valence-electron chi connectivity index (χ1n) is 7.72. The van der Waals surface area contributed by atoms with Gasteiger partial charge in [0.15, 0.2) is 0 Å². The minimum Gasteiger partial charge on any atom is -0.366 e. The number of hydrogen-bond donors (Lipinski definition) is 1. The minimum atomic E-state index is -0.115. The lowest BCUT2D eigenvalue weighted by Gasteiger charge is -2.25. The third-order valence-electron chi connectivity index (χ3n) is 3.57. The molecule has 21 heavy (non-hydrogen) atoms. The number of halogens is 1. The van der Waals surface area contributed by atoms with Gasteiger partial charge in [-0.2, -0.15) is 0 Å². The Morgan fingerprint density at radius 1 is 1.19 bits per heavy atom. The molecular weight excluding hydrogens is 284 g/mol. The molecule has 1 aromatic rings. The molecule has 4 nitrogen and oxygen atoms in total. The van der Waals surface area contributed by atoms with Crippen molar-refractivity contribution in [1.29, 1.82) is 0 Å². The maximum Gasteiger partial charge on any atom is 0.137 e. The topological polar surface area (TPSA) is 41.0 Å². The second-order valence-corrected chi connectivity index (χ2v) is 6.95. The van der Waals surface area contributed by atoms with Crippen LogP contribution in [0.4, 0.5) is 5.82 Å². The molecule has 5 heteroatoms. The van der Waals surface area contributed by atoms with Crippen LogP contribution in [-0.4, -0.2) is 40.5 Å². The zero-order chi connectivity index (χ0) is 16.2. The maximum atomic E-state index is 6.27. The number of nitrogens with one attached hydrogen (secondary N) is 1. The summed E-state index contributed by atoms with van der Waals surface area (Å²) in [6.45, 7) is 17.9. The number of likely N-dealkylation sites (N-methyl/N-ethyl adjacent to an activating group) is 1. The molecule has 1 heterocycles. The normalized spacial score (nSPS) is 13.6. The third-order valence-corrected chi connectivity index (χ3v) is 3.93. The van der Waals surface area contributed by atoms with Crippen LogP contribution < -0.4 is 5.32 Å². The van der Waals surface area contributed by atoms with Gasteiger partial charge >= 0.3 is 0 Å². The Morgan fingerprint density at radius 2 is 1.76 bits per heavy atom. The molecule has 0 radical (unpaired) electrons. The van der Waals surface area contributed by atoms with Crippen molar-refractivity contribution in [3.63, 3.8) is 0 Å². The van der Waals surface area contributed by atoms with Crippen molar-refractivity contribution >= 4 is 17.4 Å². The molecular formula is C16H29ClN4. The smallest absolute Gasteiger partial charge is 0.137 e. The number of rotatable bonds is 6. The quantitative estimate of drug-likeness (QED) is 0.809. The standard InChI is InChI=1S/C16H29ClN4/c1-8-21(9-2)10-11(3)18-14-12(4)13(17)19-15(20-14)16(5,6)7/h11H,8-10H2,1-7H3,(H,18,19,20). The number of aromatic nitrogens is 2. The fourth-order valence-electron chi connectivity index (χ4n) is 2.11. The van der Waals surface area contributed by atoms with E-state index in [1.54, 1.807) is 0 Å². The summed E-state index contributed by atoms with van der Waals surface area (Å²) in [5.74, 6) is 1.62. The van der Waals surface area contributed by atoms with Gasteiger partial charge in [-0.25, -0.2) is 9.97 Å². The second-order valence-electron chi connectivity index (χ2n) is 6.59. The van der Waals surface area contributed by atoms with E-state index in [0.29, 0.717) is 11.2 Å². The van der Waals surface area contributed by atoms with Gasteiger partial charge in [0, 0.05) is 23.6 Å². The predicted molar refractivity (Wildman–Crippen MR) is 91.4 cm³/mol. The molecule has 1 atom stereocenters. The molecule has 1 aromatic heterocycles. The molecule has 0 fully saturated rings. The van der Waals surface area contributed by atoms with Crippen LogP contribution >= 0.6 is 11.6 Å². The fraction of sp³-hybridized carbons (Fsp3) is 0.750. The summed E-state index contributed by atoms with van der Waals surface area (Å²) in [4.78, 5) is 11.5. The van der Waals surface area contributed by atoms with Gasteiger partial charge in [0.05, 0.1) is 0 Å². The van der Waals surface area contributed by atoms with Crippen LogP contribution in [0.3, 0.4) is 0 Å². The van der Waals surface area contributed by atoms with Gasteiger partial charge in [-0.05, 0) is 26.9 Å². The van der Waals surface area contributed by atoms with Crippen molar-refractivity contribution in [3.05, 3.63) is 16.5 Å². The Labute approximate surface area is 134 Å². The van der Waals surface area contributed by atoms with Crippen LogP contribution in [0.15, 0.2) is 0 Å². The van der Waals surface area contributed by atoms with Crippen LogP contribution in [0.25, 0.3) is 0 Å². The summed E-state index contributed by atoms with van der Waals surface area (Å²) in [6, 6.07) is 0.308. The molecule has 0 spiro atoms. The van der Waals surface area contributed by atoms with Crippen molar-refractivity contribution in [1.82, 2.24) is 14.9 Å². The Morgan fingerprint density at radius 3 is 2.24 bits per heavy atom. The van der Waals surface area contributed by atoms with Crippen LogP contribution in [-0.2, 0) is 5.41 Å². The summed E-state index contributed by atoms with van der Waals surface area (Å²) < 4.78 is 0. The third kappa shape index (κ3) is 5.11. The van der Waals surface area contributed by atoms with E-state index in [2.05, 4.69) is 61.7 Å². The van der Waals surface area contributed by atoms with E-state index in [-0.39, 0.29) is 5.41 Å². The van der Waals surface area contributed by atoms with Gasteiger partial charge in [0.25, 0.3) is 0 Å². The van der Waals surface area contributed by atoms with E-state index in [9.17, 15) is 0 Å². The minimum absolute atomic E-state index is 0.115. The Kier molecular flexibility index (Phi) is 6.41. The van der Waals surface area contributed by atoms with E-state index < -0.39 is 0 Å². The molecule has 120 valence electrons. The molecule has 0 amide bonds. The summed E-state index contributed by atoms with van der Waals surface area (Å²) in [6.07, 6.45) is 0. The molecule has 0 aliphatic carbocycles. The first kappa shape index (κ1) is 18.2. The van der Waals surface area contributed by atoms with E-state index in [1.165, 1.54) is 0 Å². The van der Waals surface area contributed by atoms with E-state index in [0.717, 1.165) is 36.8 Å². The van der Waals surface area contributed by atoms with Crippen molar-refractivity contribution in [2.75, 3.05) is 25.0 Å². The monoisotopic (exact) mass is 312 g/mol. The highest BCUT2D eigenvalue weighted by molar-refractivity contribution is 6.30. The van der Waals surface area contributed by atoms with Crippen molar-refractivity contribution in [2.24, 2.45) is 0 Å². The van der Waals surface area contributed by atoms with Crippen LogP contribution in [0.1, 0.15) is 52.9 Å². The summed E-state index contributed by atoms with van der Waals surface area (Å²) in [7, 11) is 0. The first-order chi connectivity index (χ1) is 9.68.